The van der Waals surface area contributed by atoms with Crippen LogP contribution in [-0.2, 0) is 11.3 Å². The third kappa shape index (κ3) is 4.96. The lowest BCUT2D eigenvalue weighted by atomic mass is 10.3. The first-order valence-electron chi connectivity index (χ1n) is 6.64. The van der Waals surface area contributed by atoms with Crippen LogP contribution in [0.15, 0.2) is 38.7 Å². The van der Waals surface area contributed by atoms with Gasteiger partial charge in [-0.1, -0.05) is 27.7 Å². The van der Waals surface area contributed by atoms with E-state index in [9.17, 15) is 14.4 Å². The van der Waals surface area contributed by atoms with Crippen LogP contribution in [0.4, 0.5) is 10.5 Å². The molecule has 1 aromatic heterocycles. The fourth-order valence-electron chi connectivity index (χ4n) is 1.68. The van der Waals surface area contributed by atoms with Gasteiger partial charge in [-0.25, -0.2) is 14.7 Å². The molecule has 0 fully saturated rings. The first-order chi connectivity index (χ1) is 11.0. The molecule has 0 radical (unpaired) electrons. The second-order valence-corrected chi connectivity index (χ2v) is 6.21. The maximum Gasteiger partial charge on any atom is 0.343 e. The second-order valence-electron chi connectivity index (χ2n) is 4.35. The van der Waals surface area contributed by atoms with E-state index in [2.05, 4.69) is 36.8 Å². The third-order valence-electron chi connectivity index (χ3n) is 2.73. The van der Waals surface area contributed by atoms with E-state index in [-0.39, 0.29) is 11.4 Å². The SMILES string of the molecule is CCn1c(SCC(=O)NC(=O)Nc2ccc(Br)cc2)n[nH]c1=O. The highest BCUT2D eigenvalue weighted by Crippen LogP contribution is 2.14. The van der Waals surface area contributed by atoms with Crippen molar-refractivity contribution in [2.45, 2.75) is 18.6 Å². The lowest BCUT2D eigenvalue weighted by Gasteiger charge is -2.06. The molecule has 2 rings (SSSR count). The number of urea groups is 1. The summed E-state index contributed by atoms with van der Waals surface area (Å²) in [6.45, 7) is 2.25. The molecule has 2 aromatic rings. The van der Waals surface area contributed by atoms with E-state index in [0.717, 1.165) is 16.2 Å². The number of nitrogens with zero attached hydrogens (tertiary/aromatic N) is 2. The molecular formula is C13H14BrN5O3S. The van der Waals surface area contributed by atoms with Crippen molar-refractivity contribution >= 4 is 45.3 Å². The Bertz CT molecular complexity index is 756. The molecule has 0 aliphatic heterocycles. The number of imide groups is 1. The highest BCUT2D eigenvalue weighted by molar-refractivity contribution is 9.10. The zero-order valence-corrected chi connectivity index (χ0v) is 14.5. The number of rotatable bonds is 5. The van der Waals surface area contributed by atoms with Gasteiger partial charge in [0.05, 0.1) is 5.75 Å². The van der Waals surface area contributed by atoms with Crippen molar-refractivity contribution in [2.75, 3.05) is 11.1 Å². The van der Waals surface area contributed by atoms with E-state index in [4.69, 9.17) is 0 Å². The molecule has 0 saturated heterocycles. The Morgan fingerprint density at radius 3 is 2.70 bits per heavy atom. The minimum Gasteiger partial charge on any atom is -0.308 e. The third-order valence-corrected chi connectivity index (χ3v) is 4.23. The standard InChI is InChI=1S/C13H14BrN5O3S/c1-2-19-12(22)17-18-13(19)23-7-10(20)16-11(21)15-9-5-3-8(14)4-6-9/h3-6H,2,7H2,1H3,(H,17,22)(H2,15,16,20,21). The predicted octanol–water partition coefficient (Wildman–Crippen LogP) is 1.79. The highest BCUT2D eigenvalue weighted by atomic mass is 79.9. The summed E-state index contributed by atoms with van der Waals surface area (Å²) >= 11 is 4.36. The number of nitrogens with one attached hydrogen (secondary N) is 3. The largest absolute Gasteiger partial charge is 0.343 e. The molecule has 122 valence electrons. The van der Waals surface area contributed by atoms with Crippen molar-refractivity contribution in [3.63, 3.8) is 0 Å². The van der Waals surface area contributed by atoms with Gasteiger partial charge < -0.3 is 5.32 Å². The molecule has 0 bridgehead atoms. The number of hydrogen-bond acceptors (Lipinski definition) is 5. The average Bonchev–Trinajstić information content (AvgIpc) is 2.87. The molecule has 0 aliphatic rings. The van der Waals surface area contributed by atoms with Gasteiger partial charge in [0.1, 0.15) is 0 Å². The van der Waals surface area contributed by atoms with Gasteiger partial charge in [0.15, 0.2) is 5.16 Å². The van der Waals surface area contributed by atoms with Gasteiger partial charge in [0.2, 0.25) is 5.91 Å². The number of anilines is 1. The number of halogens is 1. The van der Waals surface area contributed by atoms with E-state index < -0.39 is 11.9 Å². The monoisotopic (exact) mass is 399 g/mol. The van der Waals surface area contributed by atoms with Gasteiger partial charge in [0.25, 0.3) is 0 Å². The molecule has 1 aromatic carbocycles. The van der Waals surface area contributed by atoms with Gasteiger partial charge in [-0.3, -0.25) is 14.7 Å². The van der Waals surface area contributed by atoms with Crippen LogP contribution in [-0.4, -0.2) is 32.5 Å². The van der Waals surface area contributed by atoms with Crippen LogP contribution in [0.1, 0.15) is 6.92 Å². The van der Waals surface area contributed by atoms with Crippen molar-refractivity contribution in [3.05, 3.63) is 39.2 Å². The van der Waals surface area contributed by atoms with Crippen LogP contribution >= 0.6 is 27.7 Å². The molecule has 1 heterocycles. The molecule has 3 amide bonds. The van der Waals surface area contributed by atoms with Crippen LogP contribution in [0.2, 0.25) is 0 Å². The number of carbonyl (C=O) groups excluding carboxylic acids is 2. The summed E-state index contributed by atoms with van der Waals surface area (Å²) < 4.78 is 2.29. The number of carbonyl (C=O) groups is 2. The number of H-pyrrole nitrogens is 1. The van der Waals surface area contributed by atoms with E-state index in [1.54, 1.807) is 31.2 Å². The quantitative estimate of drug-likeness (QED) is 0.664. The minimum atomic E-state index is -0.618. The van der Waals surface area contributed by atoms with Crippen molar-refractivity contribution in [3.8, 4) is 0 Å². The fraction of sp³-hybridized carbons (Fsp3) is 0.231. The zero-order chi connectivity index (χ0) is 16.8. The van der Waals surface area contributed by atoms with Gasteiger partial charge >= 0.3 is 11.7 Å². The summed E-state index contributed by atoms with van der Waals surface area (Å²) in [5.41, 5.74) is 0.238. The molecule has 0 aliphatic carbocycles. The molecule has 23 heavy (non-hydrogen) atoms. The number of hydrogen-bond donors (Lipinski definition) is 3. The summed E-state index contributed by atoms with van der Waals surface area (Å²) in [5, 5.41) is 11.3. The van der Waals surface area contributed by atoms with Gasteiger partial charge in [0, 0.05) is 16.7 Å². The lowest BCUT2D eigenvalue weighted by molar-refractivity contribution is -0.117. The van der Waals surface area contributed by atoms with Crippen LogP contribution in [0, 0.1) is 0 Å². The Morgan fingerprint density at radius 2 is 2.04 bits per heavy atom. The molecule has 0 atom stereocenters. The lowest BCUT2D eigenvalue weighted by Crippen LogP contribution is -2.35. The topological polar surface area (TPSA) is 109 Å². The van der Waals surface area contributed by atoms with Crippen LogP contribution in [0.5, 0.6) is 0 Å². The molecule has 0 saturated carbocycles. The predicted molar refractivity (Wildman–Crippen MR) is 90.5 cm³/mol. The summed E-state index contributed by atoms with van der Waals surface area (Å²) in [6.07, 6.45) is 0. The first kappa shape index (κ1) is 17.3. The Morgan fingerprint density at radius 1 is 1.35 bits per heavy atom. The zero-order valence-electron chi connectivity index (χ0n) is 12.1. The average molecular weight is 400 g/mol. The number of amides is 3. The van der Waals surface area contributed by atoms with E-state index in [1.165, 1.54) is 4.57 Å². The molecular weight excluding hydrogens is 386 g/mol. The van der Waals surface area contributed by atoms with E-state index in [1.807, 2.05) is 0 Å². The summed E-state index contributed by atoms with van der Waals surface area (Å²) in [4.78, 5) is 34.8. The smallest absolute Gasteiger partial charge is 0.308 e. The Labute approximate surface area is 144 Å². The van der Waals surface area contributed by atoms with Gasteiger partial charge in [-0.2, -0.15) is 0 Å². The Kier molecular flexibility index (Phi) is 5.99. The van der Waals surface area contributed by atoms with Crippen LogP contribution < -0.4 is 16.3 Å². The maximum absolute atomic E-state index is 11.8. The van der Waals surface area contributed by atoms with Crippen molar-refractivity contribution in [1.82, 2.24) is 20.1 Å². The molecule has 8 nitrogen and oxygen atoms in total. The van der Waals surface area contributed by atoms with Crippen LogP contribution in [0.3, 0.4) is 0 Å². The number of thioether (sulfide) groups is 1. The van der Waals surface area contributed by atoms with Crippen molar-refractivity contribution < 1.29 is 9.59 Å². The van der Waals surface area contributed by atoms with Crippen LogP contribution in [0.25, 0.3) is 0 Å². The van der Waals surface area contributed by atoms with Gasteiger partial charge in [-0.15, -0.1) is 5.10 Å². The van der Waals surface area contributed by atoms with Crippen molar-refractivity contribution in [1.29, 1.82) is 0 Å². The molecule has 0 spiro atoms. The van der Waals surface area contributed by atoms with Crippen molar-refractivity contribution in [2.24, 2.45) is 0 Å². The minimum absolute atomic E-state index is 0.0297. The van der Waals surface area contributed by atoms with E-state index in [0.29, 0.717) is 17.4 Å². The highest BCUT2D eigenvalue weighted by Gasteiger charge is 2.12. The fourth-order valence-corrected chi connectivity index (χ4v) is 2.76. The first-order valence-corrected chi connectivity index (χ1v) is 8.42. The molecule has 10 heteroatoms. The second kappa shape index (κ2) is 7.97. The summed E-state index contributed by atoms with van der Waals surface area (Å²) in [7, 11) is 0. The molecule has 3 N–H and O–H groups in total. The number of benzene rings is 1. The van der Waals surface area contributed by atoms with E-state index >= 15 is 0 Å². The molecule has 0 unspecified atom stereocenters. The normalized spacial score (nSPS) is 10.3. The maximum atomic E-state index is 11.8. The Hall–Kier alpha value is -2.07. The summed E-state index contributed by atoms with van der Waals surface area (Å²) in [6, 6.07) is 6.33. The number of aromatic amines is 1. The van der Waals surface area contributed by atoms with Gasteiger partial charge in [-0.05, 0) is 31.2 Å². The number of aromatic nitrogens is 3. The Balaban J connectivity index is 1.83. The summed E-state index contributed by atoms with van der Waals surface area (Å²) in [5.74, 6) is -0.513.